The van der Waals surface area contributed by atoms with E-state index in [4.69, 9.17) is 0 Å². The molecule has 17 heavy (non-hydrogen) atoms. The molecule has 2 atom stereocenters. The molecule has 0 aromatic heterocycles. The molecule has 2 N–H and O–H groups in total. The maximum absolute atomic E-state index is 12.8. The summed E-state index contributed by atoms with van der Waals surface area (Å²) < 4.78 is 12.8. The highest BCUT2D eigenvalue weighted by Gasteiger charge is 2.34. The lowest BCUT2D eigenvalue weighted by atomic mass is 10.0. The average Bonchev–Trinajstić information content (AvgIpc) is 2.59. The lowest BCUT2D eigenvalue weighted by Gasteiger charge is -2.23. The first-order chi connectivity index (χ1) is 7.48. The van der Waals surface area contributed by atoms with Crippen molar-refractivity contribution in [2.75, 3.05) is 0 Å². The molecule has 1 aliphatic rings. The van der Waals surface area contributed by atoms with Crippen LogP contribution < -0.4 is 5.32 Å². The predicted molar refractivity (Wildman–Crippen MR) is 68.8 cm³/mol. The number of hydrogen-bond donors (Lipinski definition) is 2. The summed E-state index contributed by atoms with van der Waals surface area (Å²) in [7, 11) is 0. The molecule has 1 saturated heterocycles. The van der Waals surface area contributed by atoms with Gasteiger partial charge in [0.25, 0.3) is 0 Å². The lowest BCUT2D eigenvalue weighted by Crippen LogP contribution is -2.40. The second kappa shape index (κ2) is 5.34. The highest BCUT2D eigenvalue weighted by molar-refractivity contribution is 5.85. The van der Waals surface area contributed by atoms with Gasteiger partial charge in [-0.2, -0.15) is 0 Å². The van der Waals surface area contributed by atoms with E-state index in [-0.39, 0.29) is 29.8 Å². The van der Waals surface area contributed by atoms with Crippen LogP contribution in [0.2, 0.25) is 0 Å². The van der Waals surface area contributed by atoms with E-state index in [1.807, 2.05) is 0 Å². The maximum atomic E-state index is 12.8. The Bertz CT molecular complexity index is 366. The van der Waals surface area contributed by atoms with E-state index in [0.717, 1.165) is 18.4 Å². The van der Waals surface area contributed by atoms with Crippen molar-refractivity contribution in [3.05, 3.63) is 35.6 Å². The van der Waals surface area contributed by atoms with Gasteiger partial charge in [0.05, 0.1) is 6.10 Å². The Labute approximate surface area is 108 Å². The molecule has 0 saturated carbocycles. The molecule has 4 heteroatoms. The summed E-state index contributed by atoms with van der Waals surface area (Å²) in [6.07, 6.45) is 1.45. The standard InChI is InChI=1S/C13H18FNO.ClH/c1-13(2)8-7-11(15-13)12(16)9-3-5-10(14)6-4-9;/h3-6,11-12,15-16H,7-8H2,1-2H3;1H/t11-,12?;/m1./s1. The van der Waals surface area contributed by atoms with E-state index < -0.39 is 6.10 Å². The van der Waals surface area contributed by atoms with Crippen molar-refractivity contribution < 1.29 is 9.50 Å². The van der Waals surface area contributed by atoms with Crippen molar-refractivity contribution >= 4 is 12.4 Å². The van der Waals surface area contributed by atoms with Gasteiger partial charge in [0.2, 0.25) is 0 Å². The SMILES string of the molecule is CC1(C)CC[C@H](C(O)c2ccc(F)cc2)N1.Cl. The first-order valence-electron chi connectivity index (χ1n) is 5.69. The van der Waals surface area contributed by atoms with Gasteiger partial charge in [0.15, 0.2) is 0 Å². The number of nitrogens with one attached hydrogen (secondary N) is 1. The van der Waals surface area contributed by atoms with Crippen molar-refractivity contribution in [2.45, 2.75) is 44.4 Å². The highest BCUT2D eigenvalue weighted by atomic mass is 35.5. The molecule has 96 valence electrons. The number of hydrogen-bond acceptors (Lipinski definition) is 2. The van der Waals surface area contributed by atoms with Crippen molar-refractivity contribution in [3.63, 3.8) is 0 Å². The van der Waals surface area contributed by atoms with E-state index in [1.165, 1.54) is 12.1 Å². The third-order valence-corrected chi connectivity index (χ3v) is 3.25. The topological polar surface area (TPSA) is 32.3 Å². The van der Waals surface area contributed by atoms with Gasteiger partial charge in [-0.15, -0.1) is 12.4 Å². The van der Waals surface area contributed by atoms with Crippen LogP contribution in [0.1, 0.15) is 38.4 Å². The Morgan fingerprint density at radius 3 is 2.41 bits per heavy atom. The molecule has 0 aliphatic carbocycles. The summed E-state index contributed by atoms with van der Waals surface area (Å²) in [4.78, 5) is 0. The van der Waals surface area contributed by atoms with Crippen LogP contribution in [0, 0.1) is 5.82 Å². The summed E-state index contributed by atoms with van der Waals surface area (Å²) in [6, 6.07) is 6.14. The van der Waals surface area contributed by atoms with Gasteiger partial charge in [-0.1, -0.05) is 12.1 Å². The first-order valence-corrected chi connectivity index (χ1v) is 5.69. The van der Waals surface area contributed by atoms with Gasteiger partial charge >= 0.3 is 0 Å². The molecule has 1 fully saturated rings. The maximum Gasteiger partial charge on any atom is 0.123 e. The smallest absolute Gasteiger partial charge is 0.123 e. The minimum atomic E-state index is -0.553. The third kappa shape index (κ3) is 3.41. The van der Waals surface area contributed by atoms with Crippen LogP contribution in [0.5, 0.6) is 0 Å². The summed E-state index contributed by atoms with van der Waals surface area (Å²) >= 11 is 0. The van der Waals surface area contributed by atoms with Crippen LogP contribution in [0.3, 0.4) is 0 Å². The molecule has 1 heterocycles. The minimum absolute atomic E-state index is 0. The molecule has 2 nitrogen and oxygen atoms in total. The molecule has 1 aromatic carbocycles. The molecule has 0 amide bonds. The normalized spacial score (nSPS) is 24.1. The average molecular weight is 260 g/mol. The molecule has 1 aliphatic heterocycles. The first kappa shape index (κ1) is 14.4. The zero-order chi connectivity index (χ0) is 11.8. The number of benzene rings is 1. The molecule has 2 rings (SSSR count). The second-order valence-corrected chi connectivity index (χ2v) is 5.17. The predicted octanol–water partition coefficient (Wildman–Crippen LogP) is 2.81. The Kier molecular flexibility index (Phi) is 4.53. The van der Waals surface area contributed by atoms with Gasteiger partial charge in [-0.05, 0) is 44.4 Å². The summed E-state index contributed by atoms with van der Waals surface area (Å²) in [5.41, 5.74) is 0.864. The largest absolute Gasteiger partial charge is 0.387 e. The fourth-order valence-corrected chi connectivity index (χ4v) is 2.29. The van der Waals surface area contributed by atoms with Crippen LogP contribution in [0.4, 0.5) is 4.39 Å². The molecule has 1 unspecified atom stereocenters. The Morgan fingerprint density at radius 1 is 1.35 bits per heavy atom. The molecule has 0 radical (unpaired) electrons. The van der Waals surface area contributed by atoms with Crippen molar-refractivity contribution in [3.8, 4) is 0 Å². The highest BCUT2D eigenvalue weighted by Crippen LogP contribution is 2.30. The van der Waals surface area contributed by atoms with Gasteiger partial charge in [-0.25, -0.2) is 4.39 Å². The molecule has 1 aromatic rings. The summed E-state index contributed by atoms with van der Waals surface area (Å²) in [6.45, 7) is 4.26. The molecule has 0 bridgehead atoms. The van der Waals surface area contributed by atoms with Gasteiger partial charge < -0.3 is 10.4 Å². The molecule has 0 spiro atoms. The van der Waals surface area contributed by atoms with Crippen LogP contribution in [-0.2, 0) is 0 Å². The number of rotatable bonds is 2. The lowest BCUT2D eigenvalue weighted by molar-refractivity contribution is 0.131. The van der Waals surface area contributed by atoms with E-state index in [2.05, 4.69) is 19.2 Å². The summed E-state index contributed by atoms with van der Waals surface area (Å²) in [5, 5.41) is 13.6. The molecular weight excluding hydrogens is 241 g/mol. The van der Waals surface area contributed by atoms with Crippen LogP contribution in [-0.4, -0.2) is 16.7 Å². The molecular formula is C13H19ClFNO. The number of aliphatic hydroxyl groups is 1. The van der Waals surface area contributed by atoms with E-state index in [1.54, 1.807) is 12.1 Å². The van der Waals surface area contributed by atoms with Gasteiger partial charge in [-0.3, -0.25) is 0 Å². The van der Waals surface area contributed by atoms with Crippen molar-refractivity contribution in [2.24, 2.45) is 0 Å². The van der Waals surface area contributed by atoms with Crippen LogP contribution >= 0.6 is 12.4 Å². The Balaban J connectivity index is 0.00000144. The van der Waals surface area contributed by atoms with E-state index in [9.17, 15) is 9.50 Å². The van der Waals surface area contributed by atoms with Crippen molar-refractivity contribution in [1.29, 1.82) is 0 Å². The van der Waals surface area contributed by atoms with Crippen LogP contribution in [0.25, 0.3) is 0 Å². The Morgan fingerprint density at radius 2 is 1.94 bits per heavy atom. The monoisotopic (exact) mass is 259 g/mol. The van der Waals surface area contributed by atoms with Gasteiger partial charge in [0.1, 0.15) is 5.82 Å². The van der Waals surface area contributed by atoms with Gasteiger partial charge in [0, 0.05) is 11.6 Å². The third-order valence-electron chi connectivity index (χ3n) is 3.25. The quantitative estimate of drug-likeness (QED) is 0.856. The summed E-state index contributed by atoms with van der Waals surface area (Å²) in [5.74, 6) is -0.268. The Hall–Kier alpha value is -0.640. The van der Waals surface area contributed by atoms with Crippen molar-refractivity contribution in [1.82, 2.24) is 5.32 Å². The second-order valence-electron chi connectivity index (χ2n) is 5.17. The number of halogens is 2. The van der Waals surface area contributed by atoms with E-state index in [0.29, 0.717) is 0 Å². The van der Waals surface area contributed by atoms with E-state index >= 15 is 0 Å². The minimum Gasteiger partial charge on any atom is -0.387 e. The zero-order valence-corrected chi connectivity index (χ0v) is 10.9. The van der Waals surface area contributed by atoms with Crippen LogP contribution in [0.15, 0.2) is 24.3 Å². The number of aliphatic hydroxyl groups excluding tert-OH is 1. The zero-order valence-electron chi connectivity index (χ0n) is 10.1. The fraction of sp³-hybridized carbons (Fsp3) is 0.538. The fourth-order valence-electron chi connectivity index (χ4n) is 2.29.